The second-order valence-electron chi connectivity index (χ2n) is 4.30. The van der Waals surface area contributed by atoms with Crippen molar-refractivity contribution in [2.75, 3.05) is 19.7 Å². The van der Waals surface area contributed by atoms with Crippen LogP contribution >= 0.6 is 15.9 Å². The third-order valence-corrected chi connectivity index (χ3v) is 3.01. The van der Waals surface area contributed by atoms with Gasteiger partial charge in [0.2, 0.25) is 0 Å². The highest BCUT2D eigenvalue weighted by Crippen LogP contribution is 2.21. The summed E-state index contributed by atoms with van der Waals surface area (Å²) in [6.45, 7) is 0.196. The summed E-state index contributed by atoms with van der Waals surface area (Å²) in [5, 5.41) is 8.83. The number of hydrogen-bond acceptors (Lipinski definition) is 2. The van der Waals surface area contributed by atoms with E-state index in [0.29, 0.717) is 15.9 Å². The molecule has 0 aliphatic heterocycles. The zero-order valence-corrected chi connectivity index (χ0v) is 12.5. The van der Waals surface area contributed by atoms with E-state index < -0.39 is 25.2 Å². The number of carbonyl (C=O) groups is 1. The number of halogens is 4. The Morgan fingerprint density at radius 2 is 2.15 bits per heavy atom. The number of amides is 1. The number of aliphatic hydroxyl groups excluding tert-OH is 1. The molecule has 1 aromatic heterocycles. The zero-order valence-electron chi connectivity index (χ0n) is 11.0. The molecule has 0 atom stereocenters. The first kappa shape index (κ1) is 17.0. The monoisotopic (exact) mass is 356 g/mol. The lowest BCUT2D eigenvalue weighted by molar-refractivity contribution is -0.141. The second kappa shape index (κ2) is 7.12. The number of nitrogens with zero attached hydrogens (tertiary/aromatic N) is 2. The molecule has 0 saturated heterocycles. The summed E-state index contributed by atoms with van der Waals surface area (Å²) < 4.78 is 39.6. The average Bonchev–Trinajstić information content (AvgIpc) is 2.68. The normalized spacial score (nSPS) is 11.7. The van der Waals surface area contributed by atoms with Crippen LogP contribution in [0.15, 0.2) is 16.7 Å². The molecule has 1 heterocycles. The van der Waals surface area contributed by atoms with E-state index in [-0.39, 0.29) is 12.2 Å². The van der Waals surface area contributed by atoms with Crippen LogP contribution < -0.4 is 0 Å². The highest BCUT2D eigenvalue weighted by Gasteiger charge is 2.33. The molecule has 0 saturated carbocycles. The van der Waals surface area contributed by atoms with Crippen molar-refractivity contribution < 1.29 is 23.1 Å². The van der Waals surface area contributed by atoms with Crippen LogP contribution in [0.25, 0.3) is 0 Å². The van der Waals surface area contributed by atoms with Crippen molar-refractivity contribution in [3.8, 4) is 0 Å². The lowest BCUT2D eigenvalue weighted by atomic mass is 10.3. The molecule has 20 heavy (non-hydrogen) atoms. The molecule has 114 valence electrons. The van der Waals surface area contributed by atoms with Crippen molar-refractivity contribution in [2.24, 2.45) is 0 Å². The lowest BCUT2D eigenvalue weighted by Gasteiger charge is -2.23. The van der Waals surface area contributed by atoms with Gasteiger partial charge in [-0.05, 0) is 28.4 Å². The average molecular weight is 357 g/mol. The molecule has 0 spiro atoms. The molecular weight excluding hydrogens is 341 g/mol. The first-order valence-corrected chi connectivity index (χ1v) is 6.90. The summed E-state index contributed by atoms with van der Waals surface area (Å²) in [5.74, 6) is -0.740. The van der Waals surface area contributed by atoms with Gasteiger partial charge in [0, 0.05) is 23.8 Å². The molecule has 0 aliphatic rings. The standard InChI is InChI=1S/C12H16BrF3N2O2/c1-2-3-17-7-9(13)6-10(17)11(20)18(4-5-19)8-12(14,15)16/h6-7,19H,2-5,8H2,1H3. The Kier molecular flexibility index (Phi) is 6.07. The van der Waals surface area contributed by atoms with Crippen molar-refractivity contribution >= 4 is 21.8 Å². The minimum absolute atomic E-state index is 0.177. The Bertz CT molecular complexity index is 460. The maximum atomic E-state index is 12.5. The zero-order chi connectivity index (χ0) is 15.3. The van der Waals surface area contributed by atoms with E-state index >= 15 is 0 Å². The second-order valence-corrected chi connectivity index (χ2v) is 5.22. The van der Waals surface area contributed by atoms with Gasteiger partial charge in [-0.3, -0.25) is 4.79 Å². The number of rotatable bonds is 6. The predicted octanol–water partition coefficient (Wildman–Crippen LogP) is 2.66. The van der Waals surface area contributed by atoms with Gasteiger partial charge in [0.15, 0.2) is 0 Å². The van der Waals surface area contributed by atoms with Crippen LogP contribution in [-0.4, -0.2) is 46.4 Å². The minimum Gasteiger partial charge on any atom is -0.395 e. The van der Waals surface area contributed by atoms with Gasteiger partial charge >= 0.3 is 6.18 Å². The molecule has 0 fully saturated rings. The molecule has 0 bridgehead atoms. The number of aromatic nitrogens is 1. The van der Waals surface area contributed by atoms with E-state index in [1.54, 1.807) is 10.8 Å². The predicted molar refractivity (Wildman–Crippen MR) is 71.5 cm³/mol. The fourth-order valence-corrected chi connectivity index (χ4v) is 2.30. The van der Waals surface area contributed by atoms with Crippen molar-refractivity contribution in [3.63, 3.8) is 0 Å². The van der Waals surface area contributed by atoms with E-state index in [4.69, 9.17) is 5.11 Å². The first-order valence-electron chi connectivity index (χ1n) is 6.11. The van der Waals surface area contributed by atoms with Gasteiger partial charge < -0.3 is 14.6 Å². The van der Waals surface area contributed by atoms with Crippen LogP contribution in [0.1, 0.15) is 23.8 Å². The summed E-state index contributed by atoms with van der Waals surface area (Å²) in [6.07, 6.45) is -2.09. The third kappa shape index (κ3) is 4.82. The van der Waals surface area contributed by atoms with E-state index in [2.05, 4.69) is 15.9 Å². The van der Waals surface area contributed by atoms with Crippen molar-refractivity contribution in [1.29, 1.82) is 0 Å². The van der Waals surface area contributed by atoms with Gasteiger partial charge in [-0.2, -0.15) is 13.2 Å². The number of aliphatic hydroxyl groups is 1. The quantitative estimate of drug-likeness (QED) is 0.851. The Balaban J connectivity index is 2.99. The third-order valence-electron chi connectivity index (χ3n) is 2.57. The number of carbonyl (C=O) groups excluding carboxylic acids is 1. The topological polar surface area (TPSA) is 45.5 Å². The molecule has 1 aromatic rings. The summed E-state index contributed by atoms with van der Waals surface area (Å²) >= 11 is 3.21. The van der Waals surface area contributed by atoms with Crippen LogP contribution in [-0.2, 0) is 6.54 Å². The fraction of sp³-hybridized carbons (Fsp3) is 0.583. The Labute approximate surface area is 123 Å². The van der Waals surface area contributed by atoms with Gasteiger partial charge in [0.05, 0.1) is 6.61 Å². The maximum Gasteiger partial charge on any atom is 0.406 e. The Hall–Kier alpha value is -1.02. The van der Waals surface area contributed by atoms with Crippen LogP contribution in [0.3, 0.4) is 0 Å². The molecule has 4 nitrogen and oxygen atoms in total. The molecule has 0 radical (unpaired) electrons. The van der Waals surface area contributed by atoms with E-state index in [1.165, 1.54) is 6.07 Å². The van der Waals surface area contributed by atoms with E-state index in [1.807, 2.05) is 6.92 Å². The van der Waals surface area contributed by atoms with Crippen LogP contribution in [0, 0.1) is 0 Å². The smallest absolute Gasteiger partial charge is 0.395 e. The number of alkyl halides is 3. The number of hydrogen-bond donors (Lipinski definition) is 1. The van der Waals surface area contributed by atoms with Gasteiger partial charge in [-0.25, -0.2) is 0 Å². The fourth-order valence-electron chi connectivity index (χ4n) is 1.83. The van der Waals surface area contributed by atoms with E-state index in [0.717, 1.165) is 6.42 Å². The SMILES string of the molecule is CCCn1cc(Br)cc1C(=O)N(CCO)CC(F)(F)F. The van der Waals surface area contributed by atoms with Gasteiger partial charge in [-0.15, -0.1) is 0 Å². The maximum absolute atomic E-state index is 12.5. The summed E-state index contributed by atoms with van der Waals surface area (Å²) in [4.78, 5) is 12.8. The van der Waals surface area contributed by atoms with Crippen LogP contribution in [0.4, 0.5) is 13.2 Å². The van der Waals surface area contributed by atoms with E-state index in [9.17, 15) is 18.0 Å². The molecule has 1 N–H and O–H groups in total. The molecule has 1 amide bonds. The summed E-state index contributed by atoms with van der Waals surface area (Å²) in [5.41, 5.74) is 0.177. The molecule has 8 heteroatoms. The summed E-state index contributed by atoms with van der Waals surface area (Å²) in [6, 6.07) is 1.48. The molecular formula is C12H16BrF3N2O2. The Morgan fingerprint density at radius 1 is 1.50 bits per heavy atom. The molecule has 0 unspecified atom stereocenters. The van der Waals surface area contributed by atoms with Crippen LogP contribution in [0.2, 0.25) is 0 Å². The van der Waals surface area contributed by atoms with Crippen molar-refractivity contribution in [3.05, 3.63) is 22.4 Å². The largest absolute Gasteiger partial charge is 0.406 e. The minimum atomic E-state index is -4.50. The van der Waals surface area contributed by atoms with Crippen LogP contribution in [0.5, 0.6) is 0 Å². The van der Waals surface area contributed by atoms with Gasteiger partial charge in [0.25, 0.3) is 5.91 Å². The highest BCUT2D eigenvalue weighted by atomic mass is 79.9. The molecule has 0 aromatic carbocycles. The highest BCUT2D eigenvalue weighted by molar-refractivity contribution is 9.10. The first-order chi connectivity index (χ1) is 9.28. The van der Waals surface area contributed by atoms with Crippen molar-refractivity contribution in [2.45, 2.75) is 26.1 Å². The number of aryl methyl sites for hydroxylation is 1. The van der Waals surface area contributed by atoms with Gasteiger partial charge in [-0.1, -0.05) is 6.92 Å². The van der Waals surface area contributed by atoms with Crippen molar-refractivity contribution in [1.82, 2.24) is 9.47 Å². The van der Waals surface area contributed by atoms with Gasteiger partial charge in [0.1, 0.15) is 12.2 Å². The molecule has 0 aliphatic carbocycles. The lowest BCUT2D eigenvalue weighted by Crippen LogP contribution is -2.41. The summed E-state index contributed by atoms with van der Waals surface area (Å²) in [7, 11) is 0. The Morgan fingerprint density at radius 3 is 2.65 bits per heavy atom. The molecule has 1 rings (SSSR count).